The molecule has 0 radical (unpaired) electrons. The number of piperidine rings is 1. The minimum atomic E-state index is -0.701. The summed E-state index contributed by atoms with van der Waals surface area (Å²) in [5.41, 5.74) is 0.146. The minimum absolute atomic E-state index is 0.164. The van der Waals surface area contributed by atoms with Gasteiger partial charge in [0.1, 0.15) is 0 Å². The summed E-state index contributed by atoms with van der Waals surface area (Å²) in [4.78, 5) is 13.5. The first-order valence-electron chi connectivity index (χ1n) is 6.96. The van der Waals surface area contributed by atoms with Crippen molar-refractivity contribution in [2.75, 3.05) is 6.54 Å². The van der Waals surface area contributed by atoms with Gasteiger partial charge in [-0.05, 0) is 52.4 Å². The Morgan fingerprint density at radius 2 is 1.61 bits per heavy atom. The van der Waals surface area contributed by atoms with Crippen molar-refractivity contribution in [1.29, 1.82) is 0 Å². The molecule has 18 heavy (non-hydrogen) atoms. The van der Waals surface area contributed by atoms with Gasteiger partial charge in [0.05, 0.1) is 6.42 Å². The van der Waals surface area contributed by atoms with Crippen LogP contribution in [0, 0.1) is 5.41 Å². The third kappa shape index (κ3) is 3.71. The van der Waals surface area contributed by atoms with Crippen molar-refractivity contribution in [3.05, 3.63) is 0 Å². The molecule has 0 spiro atoms. The van der Waals surface area contributed by atoms with Crippen LogP contribution in [0.1, 0.15) is 67.2 Å². The Kier molecular flexibility index (Phi) is 4.16. The van der Waals surface area contributed by atoms with Gasteiger partial charge in [0.25, 0.3) is 0 Å². The highest BCUT2D eigenvalue weighted by Crippen LogP contribution is 2.40. The van der Waals surface area contributed by atoms with E-state index in [2.05, 4.69) is 46.4 Å². The summed E-state index contributed by atoms with van der Waals surface area (Å²) in [5.74, 6) is -0.701. The Labute approximate surface area is 112 Å². The van der Waals surface area contributed by atoms with Crippen molar-refractivity contribution >= 4 is 5.97 Å². The lowest BCUT2D eigenvalue weighted by Gasteiger charge is -2.55. The summed E-state index contributed by atoms with van der Waals surface area (Å²) in [6, 6.07) is 0. The molecule has 3 nitrogen and oxygen atoms in total. The fourth-order valence-corrected chi connectivity index (χ4v) is 3.36. The summed E-state index contributed by atoms with van der Waals surface area (Å²) in [5, 5.41) is 9.02. The maximum absolute atomic E-state index is 11.0. The topological polar surface area (TPSA) is 40.5 Å². The van der Waals surface area contributed by atoms with Crippen LogP contribution in [0.3, 0.4) is 0 Å². The molecular formula is C15H29NO2. The van der Waals surface area contributed by atoms with Gasteiger partial charge in [-0.2, -0.15) is 0 Å². The highest BCUT2D eigenvalue weighted by atomic mass is 16.4. The lowest BCUT2D eigenvalue weighted by Crippen LogP contribution is -2.60. The van der Waals surface area contributed by atoms with Crippen LogP contribution in [0.25, 0.3) is 0 Å². The first-order valence-corrected chi connectivity index (χ1v) is 6.96. The van der Waals surface area contributed by atoms with E-state index in [9.17, 15) is 4.79 Å². The second-order valence-electron chi connectivity index (χ2n) is 7.80. The summed E-state index contributed by atoms with van der Waals surface area (Å²) in [7, 11) is 0. The molecule has 3 heteroatoms. The largest absolute Gasteiger partial charge is 0.481 e. The number of nitrogens with zero attached hydrogens (tertiary/aromatic N) is 1. The van der Waals surface area contributed by atoms with E-state index in [0.717, 1.165) is 6.54 Å². The fraction of sp³-hybridized carbons (Fsp3) is 0.933. The van der Waals surface area contributed by atoms with Gasteiger partial charge >= 0.3 is 5.97 Å². The number of carboxylic acids is 1. The zero-order valence-corrected chi connectivity index (χ0v) is 12.8. The quantitative estimate of drug-likeness (QED) is 0.835. The van der Waals surface area contributed by atoms with Crippen LogP contribution in [0.4, 0.5) is 0 Å². The monoisotopic (exact) mass is 255 g/mol. The van der Waals surface area contributed by atoms with Gasteiger partial charge in [-0.3, -0.25) is 9.69 Å². The molecule has 0 aromatic rings. The van der Waals surface area contributed by atoms with Gasteiger partial charge in [0, 0.05) is 17.6 Å². The smallest absolute Gasteiger partial charge is 0.303 e. The molecule has 0 atom stereocenters. The van der Waals surface area contributed by atoms with E-state index in [1.807, 2.05) is 0 Å². The van der Waals surface area contributed by atoms with Crippen molar-refractivity contribution in [3.8, 4) is 0 Å². The Morgan fingerprint density at radius 1 is 1.17 bits per heavy atom. The Balaban J connectivity index is 2.87. The average molecular weight is 255 g/mol. The molecule has 1 saturated heterocycles. The third-order valence-corrected chi connectivity index (χ3v) is 4.25. The molecule has 1 aliphatic heterocycles. The van der Waals surface area contributed by atoms with Crippen molar-refractivity contribution in [1.82, 2.24) is 4.90 Å². The first kappa shape index (κ1) is 15.5. The molecule has 1 N–H and O–H groups in total. The lowest BCUT2D eigenvalue weighted by atomic mass is 9.76. The number of aliphatic carboxylic acids is 1. The minimum Gasteiger partial charge on any atom is -0.481 e. The van der Waals surface area contributed by atoms with E-state index in [4.69, 9.17) is 5.11 Å². The molecule has 1 rings (SSSR count). The van der Waals surface area contributed by atoms with Crippen molar-refractivity contribution in [2.24, 2.45) is 5.41 Å². The molecular weight excluding hydrogens is 226 g/mol. The number of carbonyl (C=O) groups is 1. The SMILES string of the molecule is CC(C)(CC(=O)O)CN1C(C)(C)CCCC1(C)C. The molecule has 0 saturated carbocycles. The normalized spacial score (nSPS) is 23.9. The first-order chi connectivity index (χ1) is 7.96. The van der Waals surface area contributed by atoms with Gasteiger partial charge in [-0.25, -0.2) is 0 Å². The van der Waals surface area contributed by atoms with Crippen molar-refractivity contribution < 1.29 is 9.90 Å². The maximum atomic E-state index is 11.0. The van der Waals surface area contributed by atoms with Gasteiger partial charge in [0.15, 0.2) is 0 Å². The van der Waals surface area contributed by atoms with E-state index in [1.165, 1.54) is 19.3 Å². The molecule has 0 aromatic carbocycles. The number of carboxylic acid groups (broad SMARTS) is 1. The van der Waals surface area contributed by atoms with Crippen LogP contribution < -0.4 is 0 Å². The standard InChI is InChI=1S/C15H29NO2/c1-13(2,10-12(17)18)11-16-14(3,4)8-7-9-15(16,5)6/h7-11H2,1-6H3,(H,17,18). The van der Waals surface area contributed by atoms with E-state index in [0.29, 0.717) is 0 Å². The van der Waals surface area contributed by atoms with Crippen molar-refractivity contribution in [3.63, 3.8) is 0 Å². The molecule has 1 fully saturated rings. The summed E-state index contributed by atoms with van der Waals surface area (Å²) in [6.07, 6.45) is 3.88. The predicted octanol–water partition coefficient (Wildman–Crippen LogP) is 3.53. The number of hydrogen-bond acceptors (Lipinski definition) is 2. The number of hydrogen-bond donors (Lipinski definition) is 1. The Morgan fingerprint density at radius 3 is 2.00 bits per heavy atom. The van der Waals surface area contributed by atoms with Crippen LogP contribution >= 0.6 is 0 Å². The van der Waals surface area contributed by atoms with E-state index in [-0.39, 0.29) is 22.9 Å². The number of likely N-dealkylation sites (tertiary alicyclic amines) is 1. The molecule has 0 bridgehead atoms. The molecule has 0 amide bonds. The Bertz CT molecular complexity index is 302. The summed E-state index contributed by atoms with van der Waals surface area (Å²) >= 11 is 0. The van der Waals surface area contributed by atoms with E-state index >= 15 is 0 Å². The zero-order valence-electron chi connectivity index (χ0n) is 12.8. The molecule has 0 unspecified atom stereocenters. The summed E-state index contributed by atoms with van der Waals surface area (Å²) in [6.45, 7) is 14.1. The third-order valence-electron chi connectivity index (χ3n) is 4.25. The second kappa shape index (κ2) is 4.84. The van der Waals surface area contributed by atoms with Gasteiger partial charge in [-0.1, -0.05) is 13.8 Å². The Hall–Kier alpha value is -0.570. The molecule has 0 aromatic heterocycles. The van der Waals surface area contributed by atoms with Crippen LogP contribution in [0.2, 0.25) is 0 Å². The van der Waals surface area contributed by atoms with Gasteiger partial charge in [0.2, 0.25) is 0 Å². The average Bonchev–Trinajstić information content (AvgIpc) is 2.09. The summed E-state index contributed by atoms with van der Waals surface area (Å²) < 4.78 is 0. The van der Waals surface area contributed by atoms with Gasteiger partial charge in [-0.15, -0.1) is 0 Å². The van der Waals surface area contributed by atoms with Gasteiger partial charge < -0.3 is 5.11 Å². The maximum Gasteiger partial charge on any atom is 0.303 e. The van der Waals surface area contributed by atoms with Crippen LogP contribution in [-0.4, -0.2) is 33.6 Å². The molecule has 0 aliphatic carbocycles. The fourth-order valence-electron chi connectivity index (χ4n) is 3.36. The number of rotatable bonds is 4. The second-order valence-corrected chi connectivity index (χ2v) is 7.80. The molecule has 1 heterocycles. The van der Waals surface area contributed by atoms with Crippen molar-refractivity contribution in [2.45, 2.75) is 78.3 Å². The van der Waals surface area contributed by atoms with Crippen LogP contribution in [0.5, 0.6) is 0 Å². The van der Waals surface area contributed by atoms with E-state index < -0.39 is 5.97 Å². The lowest BCUT2D eigenvalue weighted by molar-refractivity contribution is -0.140. The molecule has 1 aliphatic rings. The predicted molar refractivity (Wildman–Crippen MR) is 74.7 cm³/mol. The highest BCUT2D eigenvalue weighted by molar-refractivity contribution is 5.67. The van der Waals surface area contributed by atoms with Crippen LogP contribution in [-0.2, 0) is 4.79 Å². The van der Waals surface area contributed by atoms with E-state index in [1.54, 1.807) is 0 Å². The van der Waals surface area contributed by atoms with Crippen LogP contribution in [0.15, 0.2) is 0 Å². The zero-order chi connectivity index (χ0) is 14.2. The molecule has 106 valence electrons. The highest BCUT2D eigenvalue weighted by Gasteiger charge is 2.43.